The van der Waals surface area contributed by atoms with Crippen molar-refractivity contribution in [2.45, 2.75) is 12.7 Å². The number of nitrogens with zero attached hydrogens (tertiary/aromatic N) is 1. The Balaban J connectivity index is 2.14. The maximum Gasteiger partial charge on any atom is 0.454 e. The number of carbonyl (C=O) groups excluding carboxylic acids is 1. The molecule has 0 saturated carbocycles. The molecule has 0 aliphatic rings. The van der Waals surface area contributed by atoms with Crippen LogP contribution in [0.25, 0.3) is 0 Å². The Morgan fingerprint density at radius 3 is 2.37 bits per heavy atom. The molecule has 2 nitrogen and oxygen atoms in total. The van der Waals surface area contributed by atoms with Crippen molar-refractivity contribution in [3.63, 3.8) is 0 Å². The van der Waals surface area contributed by atoms with E-state index in [1.807, 2.05) is 0 Å². The van der Waals surface area contributed by atoms with Gasteiger partial charge in [-0.15, -0.1) is 0 Å². The highest BCUT2D eigenvalue weighted by molar-refractivity contribution is 6.30. The minimum absolute atomic E-state index is 0.360. The van der Waals surface area contributed by atoms with Gasteiger partial charge in [0, 0.05) is 29.5 Å². The van der Waals surface area contributed by atoms with Gasteiger partial charge in [-0.1, -0.05) is 23.7 Å². The fourth-order valence-corrected chi connectivity index (χ4v) is 1.76. The first-order chi connectivity index (χ1) is 8.86. The average Bonchev–Trinajstić information content (AvgIpc) is 2.78. The normalized spacial score (nSPS) is 11.6. The van der Waals surface area contributed by atoms with Crippen LogP contribution in [0.3, 0.4) is 0 Å². The summed E-state index contributed by atoms with van der Waals surface area (Å²) >= 11 is 5.73. The molecule has 0 atom stereocenters. The molecule has 1 aromatic carbocycles. The summed E-state index contributed by atoms with van der Waals surface area (Å²) in [6, 6.07) is 8.09. The summed E-state index contributed by atoms with van der Waals surface area (Å²) < 4.78 is 38.2. The van der Waals surface area contributed by atoms with Gasteiger partial charge in [0.25, 0.3) is 5.78 Å². The Labute approximate surface area is 112 Å². The lowest BCUT2D eigenvalue weighted by Crippen LogP contribution is -2.22. The molecule has 2 aromatic rings. The molecule has 1 heterocycles. The fraction of sp³-hybridized carbons (Fsp3) is 0.154. The van der Waals surface area contributed by atoms with E-state index in [9.17, 15) is 18.0 Å². The maximum atomic E-state index is 12.2. The van der Waals surface area contributed by atoms with E-state index in [1.54, 1.807) is 24.3 Å². The number of halogens is 4. The highest BCUT2D eigenvalue weighted by Gasteiger charge is 2.39. The number of rotatable bonds is 3. The maximum absolute atomic E-state index is 12.2. The van der Waals surface area contributed by atoms with Gasteiger partial charge in [0.2, 0.25) is 0 Å². The van der Waals surface area contributed by atoms with Crippen LogP contribution in [-0.2, 0) is 6.54 Å². The quantitative estimate of drug-likeness (QED) is 0.784. The molecular formula is C13H9ClF3NO. The van der Waals surface area contributed by atoms with Crippen molar-refractivity contribution in [3.05, 3.63) is 58.9 Å². The summed E-state index contributed by atoms with van der Waals surface area (Å²) in [6.07, 6.45) is -2.22. The Morgan fingerprint density at radius 2 is 1.79 bits per heavy atom. The molecule has 2 rings (SSSR count). The molecular weight excluding hydrogens is 279 g/mol. The summed E-state index contributed by atoms with van der Waals surface area (Å²) in [5, 5.41) is 0.587. The molecule has 19 heavy (non-hydrogen) atoms. The van der Waals surface area contributed by atoms with E-state index in [1.165, 1.54) is 17.0 Å². The lowest BCUT2D eigenvalue weighted by Gasteiger charge is -2.04. The van der Waals surface area contributed by atoms with Gasteiger partial charge in [-0.3, -0.25) is 4.79 Å². The summed E-state index contributed by atoms with van der Waals surface area (Å²) in [6.45, 7) is 0.377. The number of hydrogen-bond donors (Lipinski definition) is 0. The van der Waals surface area contributed by atoms with Crippen molar-refractivity contribution >= 4 is 17.4 Å². The minimum Gasteiger partial charge on any atom is -0.349 e. The molecule has 0 saturated heterocycles. The third-order valence-electron chi connectivity index (χ3n) is 2.55. The van der Waals surface area contributed by atoms with Gasteiger partial charge in [0.15, 0.2) is 0 Å². The van der Waals surface area contributed by atoms with Crippen LogP contribution in [0, 0.1) is 0 Å². The Morgan fingerprint density at radius 1 is 1.16 bits per heavy atom. The van der Waals surface area contributed by atoms with Crippen LogP contribution in [0.1, 0.15) is 15.9 Å². The van der Waals surface area contributed by atoms with Gasteiger partial charge in [-0.25, -0.2) is 0 Å². The van der Waals surface area contributed by atoms with Gasteiger partial charge in [0.05, 0.1) is 0 Å². The van der Waals surface area contributed by atoms with Crippen molar-refractivity contribution < 1.29 is 18.0 Å². The van der Waals surface area contributed by atoms with Crippen LogP contribution >= 0.6 is 11.6 Å². The van der Waals surface area contributed by atoms with Gasteiger partial charge in [-0.05, 0) is 23.8 Å². The summed E-state index contributed by atoms with van der Waals surface area (Å²) in [7, 11) is 0. The lowest BCUT2D eigenvalue weighted by molar-refractivity contribution is -0.0885. The van der Waals surface area contributed by atoms with Crippen LogP contribution in [-0.4, -0.2) is 16.5 Å². The zero-order chi connectivity index (χ0) is 14.0. The molecule has 0 aliphatic heterocycles. The molecule has 0 bridgehead atoms. The molecule has 0 N–H and O–H groups in total. The Hall–Kier alpha value is -1.75. The van der Waals surface area contributed by atoms with E-state index in [2.05, 4.69) is 0 Å². The van der Waals surface area contributed by atoms with Crippen molar-refractivity contribution in [1.29, 1.82) is 0 Å². The van der Waals surface area contributed by atoms with Gasteiger partial charge < -0.3 is 4.57 Å². The molecule has 0 radical (unpaired) electrons. The van der Waals surface area contributed by atoms with E-state index in [4.69, 9.17) is 11.6 Å². The van der Waals surface area contributed by atoms with Crippen molar-refractivity contribution in [2.24, 2.45) is 0 Å². The second kappa shape index (κ2) is 5.09. The Bertz CT molecular complexity index is 587. The van der Waals surface area contributed by atoms with Crippen molar-refractivity contribution in [2.75, 3.05) is 0 Å². The topological polar surface area (TPSA) is 22.0 Å². The summed E-state index contributed by atoms with van der Waals surface area (Å²) in [4.78, 5) is 11.0. The molecule has 1 aromatic heterocycles. The summed E-state index contributed by atoms with van der Waals surface area (Å²) in [5.74, 6) is -1.83. The SMILES string of the molecule is O=C(c1ccn(Cc2ccc(Cl)cc2)c1)C(F)(F)F. The van der Waals surface area contributed by atoms with Crippen molar-refractivity contribution in [3.8, 4) is 0 Å². The van der Waals surface area contributed by atoms with Crippen LogP contribution in [0.4, 0.5) is 13.2 Å². The second-order valence-electron chi connectivity index (χ2n) is 4.03. The first-order valence-electron chi connectivity index (χ1n) is 5.38. The van der Waals surface area contributed by atoms with Crippen LogP contribution in [0.2, 0.25) is 5.02 Å². The van der Waals surface area contributed by atoms with E-state index in [0.717, 1.165) is 11.6 Å². The highest BCUT2D eigenvalue weighted by Crippen LogP contribution is 2.21. The second-order valence-corrected chi connectivity index (χ2v) is 4.46. The third kappa shape index (κ3) is 3.38. The first kappa shape index (κ1) is 13.7. The minimum atomic E-state index is -4.84. The molecule has 0 amide bonds. The predicted molar refractivity (Wildman–Crippen MR) is 65.4 cm³/mol. The lowest BCUT2D eigenvalue weighted by atomic mass is 10.2. The number of carbonyl (C=O) groups is 1. The van der Waals surface area contributed by atoms with E-state index in [-0.39, 0.29) is 5.56 Å². The largest absolute Gasteiger partial charge is 0.454 e. The average molecular weight is 288 g/mol. The number of aromatic nitrogens is 1. The number of hydrogen-bond acceptors (Lipinski definition) is 1. The number of Topliss-reactive ketones (excluding diaryl/α,β-unsaturated/α-hetero) is 1. The van der Waals surface area contributed by atoms with E-state index < -0.39 is 12.0 Å². The van der Waals surface area contributed by atoms with Gasteiger partial charge in [0.1, 0.15) is 0 Å². The van der Waals surface area contributed by atoms with Gasteiger partial charge >= 0.3 is 6.18 Å². The fourth-order valence-electron chi connectivity index (χ4n) is 1.64. The monoisotopic (exact) mass is 287 g/mol. The van der Waals surface area contributed by atoms with Crippen LogP contribution in [0.5, 0.6) is 0 Å². The molecule has 0 fully saturated rings. The van der Waals surface area contributed by atoms with Crippen molar-refractivity contribution in [1.82, 2.24) is 4.57 Å². The molecule has 0 aliphatic carbocycles. The standard InChI is InChI=1S/C13H9ClF3NO/c14-11-3-1-9(2-4-11)7-18-6-5-10(8-18)12(19)13(15,16)17/h1-6,8H,7H2. The van der Waals surface area contributed by atoms with Gasteiger partial charge in [-0.2, -0.15) is 13.2 Å². The summed E-state index contributed by atoms with van der Waals surface area (Å²) in [5.41, 5.74) is 0.521. The van der Waals surface area contributed by atoms with Crippen LogP contribution < -0.4 is 0 Å². The zero-order valence-electron chi connectivity index (χ0n) is 9.62. The zero-order valence-corrected chi connectivity index (χ0v) is 10.4. The molecule has 6 heteroatoms. The first-order valence-corrected chi connectivity index (χ1v) is 5.76. The van der Waals surface area contributed by atoms with Crippen LogP contribution in [0.15, 0.2) is 42.7 Å². The van der Waals surface area contributed by atoms with E-state index >= 15 is 0 Å². The number of ketones is 1. The smallest absolute Gasteiger partial charge is 0.349 e. The predicted octanol–water partition coefficient (Wildman–Crippen LogP) is 3.93. The van der Waals surface area contributed by atoms with E-state index in [0.29, 0.717) is 11.6 Å². The highest BCUT2D eigenvalue weighted by atomic mass is 35.5. The third-order valence-corrected chi connectivity index (χ3v) is 2.80. The number of benzene rings is 1. The molecule has 100 valence electrons. The number of alkyl halides is 3. The molecule has 0 spiro atoms. The Kier molecular flexibility index (Phi) is 3.66. The molecule has 0 unspecified atom stereocenters.